The van der Waals surface area contributed by atoms with Crippen LogP contribution >= 0.6 is 0 Å². The van der Waals surface area contributed by atoms with Crippen molar-refractivity contribution in [1.29, 1.82) is 0 Å². The first-order valence-corrected chi connectivity index (χ1v) is 5.27. The van der Waals surface area contributed by atoms with Crippen molar-refractivity contribution in [1.82, 2.24) is 0 Å². The van der Waals surface area contributed by atoms with Gasteiger partial charge in [0.25, 0.3) is 0 Å². The summed E-state index contributed by atoms with van der Waals surface area (Å²) >= 11 is 0. The number of hydrogen-bond acceptors (Lipinski definition) is 0. The summed E-state index contributed by atoms with van der Waals surface area (Å²) in [6.45, 7) is 6.57. The highest BCUT2D eigenvalue weighted by Crippen LogP contribution is 2.30. The van der Waals surface area contributed by atoms with Crippen LogP contribution in [0.3, 0.4) is 0 Å². The van der Waals surface area contributed by atoms with E-state index in [0.717, 1.165) is 0 Å². The number of hydrogen-bond donors (Lipinski definition) is 0. The highest BCUT2D eigenvalue weighted by atomic mass is 19.2. The predicted octanol–water partition coefficient (Wildman–Crippen LogP) is 4.83. The maximum absolute atomic E-state index is 13.5. The number of allylic oxidation sites excluding steroid dienone is 2. The molecule has 0 fully saturated rings. The average Bonchev–Trinajstić information content (AvgIpc) is 2.21. The maximum Gasteiger partial charge on any atom is 0.200 e. The monoisotopic (exact) mass is 264 g/mol. The molecule has 0 bridgehead atoms. The van der Waals surface area contributed by atoms with Gasteiger partial charge in [0.1, 0.15) is 0 Å². The Morgan fingerprint density at radius 3 is 1.44 bits per heavy atom. The highest BCUT2D eigenvalue weighted by molar-refractivity contribution is 5.65. The molecule has 0 atom stereocenters. The first-order valence-electron chi connectivity index (χ1n) is 5.27. The Hall–Kier alpha value is -1.39. The van der Waals surface area contributed by atoms with Crippen LogP contribution in [0.2, 0.25) is 0 Å². The van der Waals surface area contributed by atoms with Crippen LogP contribution in [0.25, 0.3) is 5.57 Å². The van der Waals surface area contributed by atoms with Crippen LogP contribution in [-0.2, 0) is 0 Å². The van der Waals surface area contributed by atoms with E-state index in [1.165, 1.54) is 13.0 Å². The third-order valence-electron chi connectivity index (χ3n) is 2.25. The lowest BCUT2D eigenvalue weighted by Crippen LogP contribution is -2.08. The molecule has 5 heteroatoms. The molecule has 18 heavy (non-hydrogen) atoms. The zero-order valence-electron chi connectivity index (χ0n) is 10.5. The topological polar surface area (TPSA) is 0 Å². The Labute approximate surface area is 102 Å². The minimum absolute atomic E-state index is 0.00954. The molecule has 0 saturated heterocycles. The van der Waals surface area contributed by atoms with Gasteiger partial charge in [0.15, 0.2) is 23.3 Å². The van der Waals surface area contributed by atoms with Gasteiger partial charge in [0.2, 0.25) is 5.82 Å². The second-order valence-electron chi connectivity index (χ2n) is 5.14. The van der Waals surface area contributed by atoms with Crippen molar-refractivity contribution in [2.75, 3.05) is 0 Å². The molecule has 0 amide bonds. The Morgan fingerprint density at radius 1 is 0.778 bits per heavy atom. The third-order valence-corrected chi connectivity index (χ3v) is 2.25. The quantitative estimate of drug-likeness (QED) is 0.387. The molecule has 0 N–H and O–H groups in total. The summed E-state index contributed by atoms with van der Waals surface area (Å²) in [5.74, 6) is -9.60. The van der Waals surface area contributed by atoms with Crippen molar-refractivity contribution in [3.8, 4) is 0 Å². The summed E-state index contributed by atoms with van der Waals surface area (Å²) in [5, 5.41) is 0. The fraction of sp³-hybridized carbons (Fsp3) is 0.385. The number of rotatable bonds is 1. The fourth-order valence-electron chi connectivity index (χ4n) is 1.67. The smallest absolute Gasteiger partial charge is 0.200 e. The van der Waals surface area contributed by atoms with E-state index in [-0.39, 0.29) is 5.57 Å². The van der Waals surface area contributed by atoms with E-state index in [9.17, 15) is 22.0 Å². The summed E-state index contributed by atoms with van der Waals surface area (Å²) < 4.78 is 65.8. The molecule has 0 aliphatic carbocycles. The van der Waals surface area contributed by atoms with Gasteiger partial charge in [0, 0.05) is 0 Å². The van der Waals surface area contributed by atoms with Gasteiger partial charge in [-0.05, 0) is 17.9 Å². The zero-order valence-corrected chi connectivity index (χ0v) is 10.5. The van der Waals surface area contributed by atoms with Crippen molar-refractivity contribution >= 4 is 5.57 Å². The summed E-state index contributed by atoms with van der Waals surface area (Å²) in [7, 11) is 0. The van der Waals surface area contributed by atoms with Gasteiger partial charge in [-0.3, -0.25) is 0 Å². The van der Waals surface area contributed by atoms with E-state index in [1.807, 2.05) is 0 Å². The molecule has 0 aliphatic rings. The standard InChI is InChI=1S/C13H13F5/c1-6(5-13(2,3)4)7-8(14)10(16)12(18)11(17)9(7)15/h5H,1-4H3/b6-5+. The molecule has 0 spiro atoms. The molecular formula is C13H13F5. The van der Waals surface area contributed by atoms with Crippen LogP contribution in [-0.4, -0.2) is 0 Å². The van der Waals surface area contributed by atoms with E-state index >= 15 is 0 Å². The van der Waals surface area contributed by atoms with Gasteiger partial charge in [-0.15, -0.1) is 0 Å². The SMILES string of the molecule is C/C(=C\C(C)(C)C)c1c(F)c(F)c(F)c(F)c1F. The molecule has 0 unspecified atom stereocenters. The van der Waals surface area contributed by atoms with E-state index in [4.69, 9.17) is 0 Å². The summed E-state index contributed by atoms with van der Waals surface area (Å²) in [4.78, 5) is 0. The lowest BCUT2D eigenvalue weighted by atomic mass is 9.91. The van der Waals surface area contributed by atoms with Gasteiger partial charge in [-0.2, -0.15) is 0 Å². The minimum Gasteiger partial charge on any atom is -0.203 e. The van der Waals surface area contributed by atoms with Gasteiger partial charge in [-0.1, -0.05) is 26.8 Å². The number of benzene rings is 1. The van der Waals surface area contributed by atoms with Crippen LogP contribution in [0.1, 0.15) is 33.3 Å². The van der Waals surface area contributed by atoms with E-state index in [0.29, 0.717) is 0 Å². The van der Waals surface area contributed by atoms with Crippen molar-refractivity contribution in [2.45, 2.75) is 27.7 Å². The van der Waals surface area contributed by atoms with Crippen LogP contribution in [0, 0.1) is 34.5 Å². The largest absolute Gasteiger partial charge is 0.203 e. The second kappa shape index (κ2) is 4.71. The Morgan fingerprint density at radius 2 is 1.11 bits per heavy atom. The number of halogens is 5. The zero-order chi connectivity index (χ0) is 14.2. The van der Waals surface area contributed by atoms with Crippen LogP contribution in [0.15, 0.2) is 6.08 Å². The summed E-state index contributed by atoms with van der Waals surface area (Å²) in [6, 6.07) is 0. The molecule has 0 heterocycles. The normalized spacial score (nSPS) is 13.1. The highest BCUT2D eigenvalue weighted by Gasteiger charge is 2.26. The predicted molar refractivity (Wildman–Crippen MR) is 59.3 cm³/mol. The maximum atomic E-state index is 13.5. The minimum atomic E-state index is -2.14. The van der Waals surface area contributed by atoms with Crippen molar-refractivity contribution in [3.63, 3.8) is 0 Å². The molecule has 0 radical (unpaired) electrons. The molecule has 0 aromatic heterocycles. The van der Waals surface area contributed by atoms with Gasteiger partial charge >= 0.3 is 0 Å². The molecule has 1 aromatic rings. The average molecular weight is 264 g/mol. The molecule has 0 saturated carbocycles. The Kier molecular flexibility index (Phi) is 3.84. The summed E-state index contributed by atoms with van der Waals surface area (Å²) in [5.41, 5.74) is -1.30. The van der Waals surface area contributed by atoms with Crippen molar-refractivity contribution in [3.05, 3.63) is 40.7 Å². The van der Waals surface area contributed by atoms with Gasteiger partial charge < -0.3 is 0 Å². The molecule has 0 nitrogen and oxygen atoms in total. The van der Waals surface area contributed by atoms with E-state index < -0.39 is 40.1 Å². The second-order valence-corrected chi connectivity index (χ2v) is 5.14. The van der Waals surface area contributed by atoms with E-state index in [2.05, 4.69) is 0 Å². The molecular weight excluding hydrogens is 251 g/mol. The molecule has 0 aliphatic heterocycles. The first-order chi connectivity index (χ1) is 8.06. The van der Waals surface area contributed by atoms with Gasteiger partial charge in [0.05, 0.1) is 5.56 Å². The van der Waals surface area contributed by atoms with Crippen LogP contribution in [0.4, 0.5) is 22.0 Å². The summed E-state index contributed by atoms with van der Waals surface area (Å²) in [6.07, 6.45) is 1.45. The van der Waals surface area contributed by atoms with Crippen LogP contribution < -0.4 is 0 Å². The molecule has 100 valence electrons. The lowest BCUT2D eigenvalue weighted by Gasteiger charge is -2.15. The fourth-order valence-corrected chi connectivity index (χ4v) is 1.67. The Balaban J connectivity index is 3.57. The van der Waals surface area contributed by atoms with E-state index in [1.54, 1.807) is 20.8 Å². The first kappa shape index (κ1) is 14.7. The third kappa shape index (κ3) is 2.71. The van der Waals surface area contributed by atoms with Crippen LogP contribution in [0.5, 0.6) is 0 Å². The van der Waals surface area contributed by atoms with Gasteiger partial charge in [-0.25, -0.2) is 22.0 Å². The van der Waals surface area contributed by atoms with Crippen molar-refractivity contribution in [2.24, 2.45) is 5.41 Å². The molecule has 1 aromatic carbocycles. The van der Waals surface area contributed by atoms with Crippen molar-refractivity contribution < 1.29 is 22.0 Å². The molecule has 1 rings (SSSR count). The Bertz CT molecular complexity index is 480. The lowest BCUT2D eigenvalue weighted by molar-refractivity contribution is 0.376.